The van der Waals surface area contributed by atoms with Crippen LogP contribution in [0.1, 0.15) is 16.8 Å². The zero-order valence-corrected chi connectivity index (χ0v) is 21.3. The molecule has 3 unspecified atom stereocenters. The van der Waals surface area contributed by atoms with Gasteiger partial charge in [-0.2, -0.15) is 8.78 Å². The van der Waals surface area contributed by atoms with Crippen LogP contribution < -0.4 is 16.0 Å². The Morgan fingerprint density at radius 3 is 2.54 bits per heavy atom. The number of benzene rings is 1. The van der Waals surface area contributed by atoms with Crippen molar-refractivity contribution in [1.29, 1.82) is 0 Å². The number of likely N-dealkylation sites (tertiary alicyclic amines) is 1. The molecule has 12 nitrogen and oxygen atoms in total. The van der Waals surface area contributed by atoms with Crippen molar-refractivity contribution in [3.8, 4) is 0 Å². The number of nitrogens with one attached hydrogen (secondary N) is 3. The van der Waals surface area contributed by atoms with Crippen LogP contribution in [0.3, 0.4) is 0 Å². The molecule has 1 aromatic heterocycles. The van der Waals surface area contributed by atoms with E-state index in [0.717, 1.165) is 0 Å². The van der Waals surface area contributed by atoms with Gasteiger partial charge in [0.05, 0.1) is 24.3 Å². The zero-order chi connectivity index (χ0) is 28.4. The van der Waals surface area contributed by atoms with Gasteiger partial charge in [0, 0.05) is 24.2 Å². The predicted molar refractivity (Wildman–Crippen MR) is 136 cm³/mol. The number of ether oxygens (including phenoxy) is 1. The molecule has 1 aliphatic rings. The fourth-order valence-electron chi connectivity index (χ4n) is 3.86. The van der Waals surface area contributed by atoms with Crippen molar-refractivity contribution in [3.05, 3.63) is 54.2 Å². The molecule has 0 bridgehead atoms. The second-order valence-electron chi connectivity index (χ2n) is 8.40. The summed E-state index contributed by atoms with van der Waals surface area (Å²) in [7, 11) is 0. The van der Waals surface area contributed by atoms with E-state index in [1.54, 1.807) is 24.4 Å². The number of pyridine rings is 1. The summed E-state index contributed by atoms with van der Waals surface area (Å²) < 4.78 is 31.1. The second kappa shape index (κ2) is 14.2. The van der Waals surface area contributed by atoms with E-state index in [1.165, 1.54) is 29.2 Å². The molecule has 15 heteroatoms. The van der Waals surface area contributed by atoms with Crippen molar-refractivity contribution in [2.75, 3.05) is 31.6 Å². The van der Waals surface area contributed by atoms with Crippen molar-refractivity contribution < 1.29 is 42.9 Å². The van der Waals surface area contributed by atoms with Gasteiger partial charge in [0.15, 0.2) is 0 Å². The Labute approximate surface area is 226 Å². The summed E-state index contributed by atoms with van der Waals surface area (Å²) in [6.45, 7) is -0.627. The van der Waals surface area contributed by atoms with E-state index in [1.807, 2.05) is 0 Å². The Hall–Kier alpha value is -3.98. The molecular weight excluding hydrogens is 540 g/mol. The molecule has 5 N–H and O–H groups in total. The lowest BCUT2D eigenvalue weighted by Gasteiger charge is -2.21. The molecule has 1 fully saturated rings. The number of carboxylic acids is 1. The first-order chi connectivity index (χ1) is 18.6. The van der Waals surface area contributed by atoms with Gasteiger partial charge in [-0.15, -0.1) is 0 Å². The lowest BCUT2D eigenvalue weighted by Crippen LogP contribution is -2.49. The van der Waals surface area contributed by atoms with Gasteiger partial charge < -0.3 is 35.8 Å². The Morgan fingerprint density at radius 1 is 1.13 bits per heavy atom. The lowest BCUT2D eigenvalue weighted by atomic mass is 10.2. The molecule has 1 aliphatic heterocycles. The summed E-state index contributed by atoms with van der Waals surface area (Å²) in [5, 5.41) is 26.6. The predicted octanol–water partition coefficient (Wildman–Crippen LogP) is 1.95. The van der Waals surface area contributed by atoms with Crippen LogP contribution >= 0.6 is 11.8 Å². The number of anilines is 1. The second-order valence-corrected chi connectivity index (χ2v) is 9.43. The number of halogens is 2. The van der Waals surface area contributed by atoms with Gasteiger partial charge in [-0.3, -0.25) is 9.59 Å². The number of amides is 3. The number of hydrogen-bond donors (Lipinski definition) is 5. The van der Waals surface area contributed by atoms with E-state index in [4.69, 9.17) is 4.74 Å². The number of carboxylic acid groups (broad SMARTS) is 2. The van der Waals surface area contributed by atoms with E-state index < -0.39 is 61.0 Å². The smallest absolute Gasteiger partial charge is 0.407 e. The molecule has 210 valence electrons. The average molecular weight is 568 g/mol. The first-order valence-corrected chi connectivity index (χ1v) is 12.6. The van der Waals surface area contributed by atoms with Crippen LogP contribution in [0.25, 0.3) is 0 Å². The van der Waals surface area contributed by atoms with Crippen LogP contribution in [-0.4, -0.2) is 94.2 Å². The highest BCUT2D eigenvalue weighted by molar-refractivity contribution is 7.99. The Kier molecular flexibility index (Phi) is 10.8. The Morgan fingerprint density at radius 2 is 1.87 bits per heavy atom. The highest BCUT2D eigenvalue weighted by Crippen LogP contribution is 2.28. The maximum absolute atomic E-state index is 12.8. The minimum Gasteiger partial charge on any atom is -0.480 e. The van der Waals surface area contributed by atoms with Gasteiger partial charge in [-0.05, 0) is 30.7 Å². The van der Waals surface area contributed by atoms with Crippen molar-refractivity contribution in [1.82, 2.24) is 20.5 Å². The third kappa shape index (κ3) is 9.07. The minimum atomic E-state index is -2.77. The quantitative estimate of drug-likeness (QED) is 0.225. The van der Waals surface area contributed by atoms with E-state index in [9.17, 15) is 38.2 Å². The molecule has 2 aromatic rings. The van der Waals surface area contributed by atoms with Gasteiger partial charge in [0.1, 0.15) is 18.5 Å². The van der Waals surface area contributed by atoms with Crippen LogP contribution in [-0.2, 0) is 14.3 Å². The lowest BCUT2D eigenvalue weighted by molar-refractivity contribution is -0.139. The zero-order valence-electron chi connectivity index (χ0n) is 20.5. The van der Waals surface area contributed by atoms with Crippen molar-refractivity contribution in [2.24, 2.45) is 0 Å². The molecule has 0 radical (unpaired) electrons. The third-order valence-corrected chi connectivity index (χ3v) is 6.50. The van der Waals surface area contributed by atoms with E-state index >= 15 is 0 Å². The van der Waals surface area contributed by atoms with Gasteiger partial charge in [0.25, 0.3) is 11.7 Å². The molecular formula is C24H27F2N5O7S. The molecule has 0 saturated carbocycles. The summed E-state index contributed by atoms with van der Waals surface area (Å²) >= 11 is 0.154. The summed E-state index contributed by atoms with van der Waals surface area (Å²) in [6, 6.07) is 8.84. The number of nitrogens with zero attached hydrogens (tertiary/aromatic N) is 2. The molecule has 1 saturated heterocycles. The molecule has 3 atom stereocenters. The molecule has 0 aliphatic carbocycles. The highest BCUT2D eigenvalue weighted by atomic mass is 32.2. The molecule has 2 heterocycles. The summed E-state index contributed by atoms with van der Waals surface area (Å²) in [5.74, 6) is -5.20. The first kappa shape index (κ1) is 29.6. The van der Waals surface area contributed by atoms with Crippen LogP contribution in [0.4, 0.5) is 19.4 Å². The molecule has 3 rings (SSSR count). The van der Waals surface area contributed by atoms with Crippen molar-refractivity contribution in [3.63, 3.8) is 0 Å². The Balaban J connectivity index is 1.48. The average Bonchev–Trinajstić information content (AvgIpc) is 3.32. The van der Waals surface area contributed by atoms with Crippen LogP contribution in [0.2, 0.25) is 0 Å². The van der Waals surface area contributed by atoms with E-state index in [-0.39, 0.29) is 35.3 Å². The van der Waals surface area contributed by atoms with Gasteiger partial charge >= 0.3 is 12.1 Å². The summed E-state index contributed by atoms with van der Waals surface area (Å²) in [6.07, 6.45) is 0.221. The standard InChI is InChI=1S/C24H27F2N5O7S/c25-23(26)39-18-6-2-1-5-16(18)21(33)30-17(22(34)35)11-29-20(32)13-38-15-9-14(31(12-15)24(36)37)10-28-19-7-3-4-8-27-19/h1-8,14-15,17,23H,9-13H2,(H,27,28)(H,29,32)(H,30,33)(H,34,35)(H,36,37). The third-order valence-electron chi connectivity index (χ3n) is 5.71. The topological polar surface area (TPSA) is 170 Å². The van der Waals surface area contributed by atoms with Gasteiger partial charge in [-0.25, -0.2) is 14.6 Å². The molecule has 3 amide bonds. The first-order valence-electron chi connectivity index (χ1n) is 11.7. The summed E-state index contributed by atoms with van der Waals surface area (Å²) in [4.78, 5) is 53.4. The number of alkyl halides is 2. The number of aliphatic carboxylic acids is 1. The normalized spacial score (nSPS) is 17.5. The van der Waals surface area contributed by atoms with E-state index in [0.29, 0.717) is 12.2 Å². The molecule has 39 heavy (non-hydrogen) atoms. The van der Waals surface area contributed by atoms with Crippen LogP contribution in [0, 0.1) is 0 Å². The number of carbonyl (C=O) groups excluding carboxylic acids is 2. The van der Waals surface area contributed by atoms with Crippen LogP contribution in [0.15, 0.2) is 53.6 Å². The minimum absolute atomic E-state index is 0.0212. The van der Waals surface area contributed by atoms with Crippen molar-refractivity contribution in [2.45, 2.75) is 35.3 Å². The Bertz CT molecular complexity index is 1160. The molecule has 0 spiro atoms. The number of rotatable bonds is 13. The number of thioether (sulfide) groups is 1. The van der Waals surface area contributed by atoms with Crippen molar-refractivity contribution >= 4 is 41.5 Å². The largest absolute Gasteiger partial charge is 0.480 e. The monoisotopic (exact) mass is 567 g/mol. The van der Waals surface area contributed by atoms with Gasteiger partial charge in [-0.1, -0.05) is 30.0 Å². The highest BCUT2D eigenvalue weighted by Gasteiger charge is 2.36. The summed E-state index contributed by atoms with van der Waals surface area (Å²) in [5.41, 5.74) is -0.125. The number of hydrogen-bond acceptors (Lipinski definition) is 8. The maximum Gasteiger partial charge on any atom is 0.407 e. The number of aromatic nitrogens is 1. The van der Waals surface area contributed by atoms with E-state index in [2.05, 4.69) is 20.9 Å². The fraction of sp³-hybridized carbons (Fsp3) is 0.375. The van der Waals surface area contributed by atoms with Crippen LogP contribution in [0.5, 0.6) is 0 Å². The SMILES string of the molecule is O=C(COC1CC(CNc2ccccn2)N(C(=O)O)C1)NCC(NC(=O)c1ccccc1SC(F)F)C(=O)O. The maximum atomic E-state index is 12.8. The number of carbonyl (C=O) groups is 4. The molecule has 1 aromatic carbocycles. The fourth-order valence-corrected chi connectivity index (χ4v) is 4.50. The van der Waals surface area contributed by atoms with Gasteiger partial charge in [0.2, 0.25) is 5.91 Å².